The summed E-state index contributed by atoms with van der Waals surface area (Å²) in [6.45, 7) is 3.59. The van der Waals surface area contributed by atoms with Crippen molar-refractivity contribution in [3.05, 3.63) is 0 Å². The molecule has 0 aromatic carbocycles. The van der Waals surface area contributed by atoms with Crippen LogP contribution in [0.2, 0.25) is 0 Å². The molecule has 0 aliphatic rings. The standard InChI is InChI=1S/C13H25N3O4/c1-9(2)6-11(16-12(19)8-18)13(20)15-10(7-17)4-3-5-14/h7,9-11,18H,3-6,8,14H2,1-2H3,(H,15,20)(H,16,19)/t10-,11+/m1/s1. The number of hydrogen-bond donors (Lipinski definition) is 4. The third-order valence-corrected chi connectivity index (χ3v) is 2.71. The number of amides is 2. The van der Waals surface area contributed by atoms with Crippen molar-refractivity contribution >= 4 is 18.1 Å². The average Bonchev–Trinajstić information content (AvgIpc) is 2.41. The summed E-state index contributed by atoms with van der Waals surface area (Å²) in [6, 6.07) is -1.36. The highest BCUT2D eigenvalue weighted by molar-refractivity contribution is 5.89. The van der Waals surface area contributed by atoms with Crippen LogP contribution in [0.15, 0.2) is 0 Å². The molecule has 0 heterocycles. The van der Waals surface area contributed by atoms with Crippen LogP contribution < -0.4 is 16.4 Å². The predicted molar refractivity (Wildman–Crippen MR) is 74.8 cm³/mol. The molecule has 7 heteroatoms. The van der Waals surface area contributed by atoms with Crippen LogP contribution in [0.5, 0.6) is 0 Å². The Hall–Kier alpha value is -1.47. The molecule has 0 aliphatic heterocycles. The number of aliphatic hydroxyl groups is 1. The summed E-state index contributed by atoms with van der Waals surface area (Å²) in [6.07, 6.45) is 2.18. The summed E-state index contributed by atoms with van der Waals surface area (Å²) in [4.78, 5) is 34.2. The van der Waals surface area contributed by atoms with E-state index in [1.54, 1.807) is 0 Å². The molecule has 0 saturated carbocycles. The molecule has 2 amide bonds. The van der Waals surface area contributed by atoms with Gasteiger partial charge < -0.3 is 26.3 Å². The molecule has 0 saturated heterocycles. The Morgan fingerprint density at radius 2 is 1.95 bits per heavy atom. The first-order valence-electron chi connectivity index (χ1n) is 6.80. The Morgan fingerprint density at radius 3 is 2.40 bits per heavy atom. The van der Waals surface area contributed by atoms with Gasteiger partial charge in [0.15, 0.2) is 0 Å². The van der Waals surface area contributed by atoms with Gasteiger partial charge in [-0.25, -0.2) is 0 Å². The van der Waals surface area contributed by atoms with E-state index < -0.39 is 30.5 Å². The summed E-state index contributed by atoms with van der Waals surface area (Å²) >= 11 is 0. The van der Waals surface area contributed by atoms with Crippen LogP contribution in [0.1, 0.15) is 33.1 Å². The van der Waals surface area contributed by atoms with Crippen LogP contribution in [0, 0.1) is 5.92 Å². The molecule has 0 rings (SSSR count). The van der Waals surface area contributed by atoms with Gasteiger partial charge in [0.1, 0.15) is 18.9 Å². The van der Waals surface area contributed by atoms with E-state index in [4.69, 9.17) is 10.8 Å². The quantitative estimate of drug-likeness (QED) is 0.381. The lowest BCUT2D eigenvalue weighted by atomic mass is 10.0. The summed E-state index contributed by atoms with van der Waals surface area (Å²) in [7, 11) is 0. The van der Waals surface area contributed by atoms with E-state index in [1.165, 1.54) is 0 Å². The van der Waals surface area contributed by atoms with E-state index in [9.17, 15) is 14.4 Å². The molecule has 0 radical (unpaired) electrons. The first-order valence-corrected chi connectivity index (χ1v) is 6.80. The number of rotatable bonds is 10. The van der Waals surface area contributed by atoms with Crippen molar-refractivity contribution in [3.63, 3.8) is 0 Å². The maximum absolute atomic E-state index is 12.1. The Balaban J connectivity index is 4.58. The van der Waals surface area contributed by atoms with Crippen LogP contribution in [-0.4, -0.2) is 48.4 Å². The molecule has 7 nitrogen and oxygen atoms in total. The maximum Gasteiger partial charge on any atom is 0.246 e. The first kappa shape index (κ1) is 18.5. The second-order valence-electron chi connectivity index (χ2n) is 5.09. The fourth-order valence-corrected chi connectivity index (χ4v) is 1.74. The smallest absolute Gasteiger partial charge is 0.246 e. The Morgan fingerprint density at radius 1 is 1.30 bits per heavy atom. The summed E-state index contributed by atoms with van der Waals surface area (Å²) < 4.78 is 0. The first-order chi connectivity index (χ1) is 9.44. The fourth-order valence-electron chi connectivity index (χ4n) is 1.74. The molecule has 0 spiro atoms. The van der Waals surface area contributed by atoms with Gasteiger partial charge in [-0.05, 0) is 31.7 Å². The van der Waals surface area contributed by atoms with Gasteiger partial charge in [0, 0.05) is 0 Å². The monoisotopic (exact) mass is 287 g/mol. The van der Waals surface area contributed by atoms with Crippen molar-refractivity contribution in [1.82, 2.24) is 10.6 Å². The Kier molecular flexibility index (Phi) is 9.57. The second kappa shape index (κ2) is 10.3. The highest BCUT2D eigenvalue weighted by atomic mass is 16.3. The predicted octanol–water partition coefficient (Wildman–Crippen LogP) is -1.07. The van der Waals surface area contributed by atoms with Gasteiger partial charge in [-0.2, -0.15) is 0 Å². The van der Waals surface area contributed by atoms with Gasteiger partial charge in [-0.3, -0.25) is 9.59 Å². The van der Waals surface area contributed by atoms with Crippen molar-refractivity contribution in [2.75, 3.05) is 13.2 Å². The molecule has 0 fully saturated rings. The number of aliphatic hydroxyl groups excluding tert-OH is 1. The third-order valence-electron chi connectivity index (χ3n) is 2.71. The van der Waals surface area contributed by atoms with Gasteiger partial charge in [-0.1, -0.05) is 13.8 Å². The van der Waals surface area contributed by atoms with Crippen LogP contribution >= 0.6 is 0 Å². The molecule has 0 aliphatic carbocycles. The number of nitrogens with two attached hydrogens (primary N) is 1. The average molecular weight is 287 g/mol. The van der Waals surface area contributed by atoms with Crippen LogP contribution in [0.4, 0.5) is 0 Å². The molecule has 2 atom stereocenters. The number of carbonyl (C=O) groups is 3. The zero-order valence-electron chi connectivity index (χ0n) is 12.1. The zero-order chi connectivity index (χ0) is 15.5. The van der Waals surface area contributed by atoms with Gasteiger partial charge in [0.25, 0.3) is 0 Å². The minimum atomic E-state index is -0.755. The number of carbonyl (C=O) groups excluding carboxylic acids is 3. The highest BCUT2D eigenvalue weighted by Gasteiger charge is 2.23. The lowest BCUT2D eigenvalue weighted by molar-refractivity contribution is -0.131. The molecule has 116 valence electrons. The minimum absolute atomic E-state index is 0.184. The third kappa shape index (κ3) is 7.85. The van der Waals surface area contributed by atoms with Gasteiger partial charge in [0.2, 0.25) is 11.8 Å². The van der Waals surface area contributed by atoms with Gasteiger partial charge in [-0.15, -0.1) is 0 Å². The molecular weight excluding hydrogens is 262 g/mol. The molecular formula is C13H25N3O4. The van der Waals surface area contributed by atoms with E-state index >= 15 is 0 Å². The SMILES string of the molecule is CC(C)C[C@H](NC(=O)CO)C(=O)N[C@@H](C=O)CCCN. The van der Waals surface area contributed by atoms with Crippen molar-refractivity contribution < 1.29 is 19.5 Å². The van der Waals surface area contributed by atoms with E-state index in [-0.39, 0.29) is 5.92 Å². The van der Waals surface area contributed by atoms with Crippen LogP contribution in [0.3, 0.4) is 0 Å². The van der Waals surface area contributed by atoms with Crippen LogP contribution in [0.25, 0.3) is 0 Å². The van der Waals surface area contributed by atoms with E-state index in [2.05, 4.69) is 10.6 Å². The minimum Gasteiger partial charge on any atom is -0.387 e. The largest absolute Gasteiger partial charge is 0.387 e. The van der Waals surface area contributed by atoms with E-state index in [0.717, 1.165) is 0 Å². The van der Waals surface area contributed by atoms with Crippen LogP contribution in [-0.2, 0) is 14.4 Å². The topological polar surface area (TPSA) is 122 Å². The maximum atomic E-state index is 12.1. The molecule has 5 N–H and O–H groups in total. The number of hydrogen-bond acceptors (Lipinski definition) is 5. The summed E-state index contributed by atoms with van der Waals surface area (Å²) in [5.74, 6) is -0.853. The molecule has 0 aromatic heterocycles. The highest BCUT2D eigenvalue weighted by Crippen LogP contribution is 2.06. The van der Waals surface area contributed by atoms with Gasteiger partial charge in [0.05, 0.1) is 6.04 Å². The van der Waals surface area contributed by atoms with E-state index in [0.29, 0.717) is 32.1 Å². The molecule has 0 aromatic rings. The summed E-state index contributed by atoms with van der Waals surface area (Å²) in [5.41, 5.74) is 5.36. The van der Waals surface area contributed by atoms with Crippen molar-refractivity contribution in [1.29, 1.82) is 0 Å². The molecule has 20 heavy (non-hydrogen) atoms. The van der Waals surface area contributed by atoms with Crippen molar-refractivity contribution in [2.24, 2.45) is 11.7 Å². The van der Waals surface area contributed by atoms with Gasteiger partial charge >= 0.3 is 0 Å². The Labute approximate surface area is 119 Å². The fraction of sp³-hybridized carbons (Fsp3) is 0.769. The second-order valence-corrected chi connectivity index (χ2v) is 5.09. The van der Waals surface area contributed by atoms with E-state index in [1.807, 2.05) is 13.8 Å². The van der Waals surface area contributed by atoms with Crippen molar-refractivity contribution in [3.8, 4) is 0 Å². The lowest BCUT2D eigenvalue weighted by Gasteiger charge is -2.21. The molecule has 0 unspecified atom stereocenters. The summed E-state index contributed by atoms with van der Waals surface area (Å²) in [5, 5.41) is 13.7. The zero-order valence-corrected chi connectivity index (χ0v) is 12.1. The van der Waals surface area contributed by atoms with Crippen molar-refractivity contribution in [2.45, 2.75) is 45.2 Å². The molecule has 0 bridgehead atoms. The number of aldehydes is 1. The number of nitrogens with one attached hydrogen (secondary N) is 2. The lowest BCUT2D eigenvalue weighted by Crippen LogP contribution is -2.51. The Bertz CT molecular complexity index is 321. The normalized spacial score (nSPS) is 13.7.